The van der Waals surface area contributed by atoms with Crippen LogP contribution in [0, 0.1) is 0 Å². The lowest BCUT2D eigenvalue weighted by atomic mass is 9.85. The van der Waals surface area contributed by atoms with Gasteiger partial charge >= 0.3 is 0 Å². The van der Waals surface area contributed by atoms with Gasteiger partial charge in [0.1, 0.15) is 0 Å². The van der Waals surface area contributed by atoms with Crippen LogP contribution < -0.4 is 5.22 Å². The third-order valence-electron chi connectivity index (χ3n) is 9.84. The summed E-state index contributed by atoms with van der Waals surface area (Å²) in [5.74, 6) is 0. The summed E-state index contributed by atoms with van der Waals surface area (Å²) >= 11 is 0. The first kappa shape index (κ1) is 28.3. The molecule has 0 radical (unpaired) electrons. The number of aryl methyl sites for hydroxylation is 1. The molecular formula is C45H39N. The van der Waals surface area contributed by atoms with Crippen molar-refractivity contribution >= 4 is 50.2 Å². The first-order valence-corrected chi connectivity index (χ1v) is 16.5. The molecule has 0 aliphatic heterocycles. The Bertz CT molecular complexity index is 2370. The van der Waals surface area contributed by atoms with Crippen LogP contribution in [0.15, 0.2) is 127 Å². The van der Waals surface area contributed by atoms with Crippen LogP contribution in [-0.4, -0.2) is 4.57 Å². The zero-order chi connectivity index (χ0) is 31.4. The summed E-state index contributed by atoms with van der Waals surface area (Å²) in [5, 5.41) is 7.83. The molecule has 0 bridgehead atoms. The molecule has 1 aliphatic rings. The number of rotatable bonds is 4. The summed E-state index contributed by atoms with van der Waals surface area (Å²) in [4.78, 5) is 0. The van der Waals surface area contributed by atoms with Crippen LogP contribution in [0.1, 0.15) is 56.5 Å². The second kappa shape index (κ2) is 11.0. The Morgan fingerprint density at radius 1 is 0.717 bits per heavy atom. The Morgan fingerprint density at radius 3 is 2.26 bits per heavy atom. The highest BCUT2D eigenvalue weighted by molar-refractivity contribution is 6.15. The van der Waals surface area contributed by atoms with Crippen molar-refractivity contribution in [3.63, 3.8) is 0 Å². The second-order valence-corrected chi connectivity index (χ2v) is 13.8. The summed E-state index contributed by atoms with van der Waals surface area (Å²) in [6, 6.07) is 42.8. The van der Waals surface area contributed by atoms with Crippen LogP contribution in [-0.2, 0) is 11.8 Å². The van der Waals surface area contributed by atoms with Crippen LogP contribution in [0.25, 0.3) is 67.0 Å². The average Bonchev–Trinajstić information content (AvgIpc) is 3.42. The van der Waals surface area contributed by atoms with E-state index in [1.54, 1.807) is 0 Å². The number of hydrogen-bond donors (Lipinski definition) is 0. The van der Waals surface area contributed by atoms with Gasteiger partial charge in [0, 0.05) is 16.8 Å². The third kappa shape index (κ3) is 4.79. The van der Waals surface area contributed by atoms with Crippen molar-refractivity contribution in [3.05, 3.63) is 155 Å². The van der Waals surface area contributed by atoms with Gasteiger partial charge in [-0.2, -0.15) is 0 Å². The van der Waals surface area contributed by atoms with Crippen LogP contribution in [0.2, 0.25) is 0 Å². The Hall–Kier alpha value is -5.14. The van der Waals surface area contributed by atoms with E-state index in [1.165, 1.54) is 82.4 Å². The Kier molecular flexibility index (Phi) is 6.80. The quantitative estimate of drug-likeness (QED) is 0.191. The van der Waals surface area contributed by atoms with Crippen molar-refractivity contribution in [1.29, 1.82) is 0 Å². The molecule has 7 aromatic rings. The van der Waals surface area contributed by atoms with Crippen molar-refractivity contribution in [3.8, 4) is 16.8 Å². The smallest absolute Gasteiger partial charge is 0.0537 e. The number of fused-ring (bicyclic) bond motifs is 3. The molecule has 1 nitrogen and oxygen atoms in total. The van der Waals surface area contributed by atoms with E-state index in [0.29, 0.717) is 0 Å². The summed E-state index contributed by atoms with van der Waals surface area (Å²) < 4.78 is 2.42. The van der Waals surface area contributed by atoms with Crippen molar-refractivity contribution in [2.75, 3.05) is 0 Å². The highest BCUT2D eigenvalue weighted by Crippen LogP contribution is 2.36. The molecule has 0 saturated carbocycles. The van der Waals surface area contributed by atoms with Crippen LogP contribution in [0.4, 0.5) is 0 Å². The van der Waals surface area contributed by atoms with E-state index in [0.717, 1.165) is 12.8 Å². The molecule has 1 aromatic heterocycles. The zero-order valence-electron chi connectivity index (χ0n) is 27.1. The van der Waals surface area contributed by atoms with Crippen molar-refractivity contribution in [2.24, 2.45) is 0 Å². The molecule has 0 spiro atoms. The van der Waals surface area contributed by atoms with Gasteiger partial charge in [0.05, 0.1) is 5.52 Å². The Balaban J connectivity index is 1.15. The number of benzene rings is 6. The number of allylic oxidation sites excluding steroid dienone is 3. The molecule has 1 heterocycles. The van der Waals surface area contributed by atoms with Gasteiger partial charge < -0.3 is 4.57 Å². The van der Waals surface area contributed by atoms with Crippen LogP contribution in [0.5, 0.6) is 0 Å². The first-order chi connectivity index (χ1) is 22.4. The number of aromatic nitrogens is 1. The van der Waals surface area contributed by atoms with Gasteiger partial charge in [-0.25, -0.2) is 0 Å². The fourth-order valence-corrected chi connectivity index (χ4v) is 7.28. The molecule has 0 unspecified atom stereocenters. The summed E-state index contributed by atoms with van der Waals surface area (Å²) in [7, 11) is 0. The van der Waals surface area contributed by atoms with Gasteiger partial charge in [0.2, 0.25) is 0 Å². The van der Waals surface area contributed by atoms with E-state index in [-0.39, 0.29) is 5.41 Å². The minimum atomic E-state index is 0.144. The molecule has 6 aromatic carbocycles. The summed E-state index contributed by atoms with van der Waals surface area (Å²) in [6.45, 7) is 9.02. The zero-order valence-corrected chi connectivity index (χ0v) is 27.1. The van der Waals surface area contributed by atoms with Crippen LogP contribution >= 0.6 is 0 Å². The maximum absolute atomic E-state index is 2.42. The average molecular weight is 594 g/mol. The number of hydrogen-bond acceptors (Lipinski definition) is 0. The summed E-state index contributed by atoms with van der Waals surface area (Å²) in [5.41, 5.74) is 11.8. The van der Waals surface area contributed by atoms with Gasteiger partial charge in [-0.3, -0.25) is 0 Å². The molecule has 0 fully saturated rings. The minimum absolute atomic E-state index is 0.144. The number of para-hydroxylation sites is 1. The fraction of sp³-hybridized carbons (Fsp3) is 0.156. The first-order valence-electron chi connectivity index (χ1n) is 16.5. The highest BCUT2D eigenvalue weighted by atomic mass is 15.0. The standard InChI is InChI=1S/C45H39N/c1-30(31-22-27-36(28-23-31)46-42-14-7-5-10-39(42)40-11-6-8-15-43(40)46)16-17-33-18-19-34-24-29-37(41-13-9-12-38(33)44(34)41)32-20-25-35(26-21-32)45(2,3)4/h5,7-10,12-29H,6,11H2,1-4H3/b30-16+,33-17-. The fourth-order valence-electron chi connectivity index (χ4n) is 7.28. The van der Waals surface area contributed by atoms with Gasteiger partial charge in [-0.1, -0.05) is 136 Å². The topological polar surface area (TPSA) is 4.93 Å². The Morgan fingerprint density at radius 2 is 1.46 bits per heavy atom. The molecular weight excluding hydrogens is 555 g/mol. The maximum Gasteiger partial charge on any atom is 0.0537 e. The molecule has 8 rings (SSSR count). The van der Waals surface area contributed by atoms with Gasteiger partial charge in [-0.15, -0.1) is 0 Å². The molecule has 0 saturated heterocycles. The monoisotopic (exact) mass is 593 g/mol. The van der Waals surface area contributed by atoms with Gasteiger partial charge in [-0.05, 0) is 110 Å². The van der Waals surface area contributed by atoms with Gasteiger partial charge in [0.25, 0.3) is 0 Å². The lowest BCUT2D eigenvalue weighted by Gasteiger charge is -2.19. The molecule has 1 aliphatic carbocycles. The van der Waals surface area contributed by atoms with Crippen molar-refractivity contribution in [1.82, 2.24) is 4.57 Å². The largest absolute Gasteiger partial charge is 0.310 e. The molecule has 46 heavy (non-hydrogen) atoms. The van der Waals surface area contributed by atoms with Crippen molar-refractivity contribution in [2.45, 2.75) is 46.0 Å². The highest BCUT2D eigenvalue weighted by Gasteiger charge is 2.18. The third-order valence-corrected chi connectivity index (χ3v) is 9.84. The lowest BCUT2D eigenvalue weighted by molar-refractivity contribution is 0.590. The van der Waals surface area contributed by atoms with E-state index in [1.807, 2.05) is 0 Å². The van der Waals surface area contributed by atoms with Crippen LogP contribution in [0.3, 0.4) is 0 Å². The molecule has 1 heteroatoms. The SMILES string of the molecule is C/C(=C\C=c1\ccc2ccc(-c3ccc(C(C)(C)C)cc3)c3cccc1c23)c1ccc(-n2c3c(c4ccccc42)CCC=C3)cc1. The van der Waals surface area contributed by atoms with E-state index in [2.05, 4.69) is 172 Å². The van der Waals surface area contributed by atoms with E-state index in [4.69, 9.17) is 0 Å². The van der Waals surface area contributed by atoms with E-state index in [9.17, 15) is 0 Å². The molecule has 0 atom stereocenters. The van der Waals surface area contributed by atoms with Gasteiger partial charge in [0.15, 0.2) is 0 Å². The second-order valence-electron chi connectivity index (χ2n) is 13.8. The Labute approximate surface area is 271 Å². The molecule has 224 valence electrons. The van der Waals surface area contributed by atoms with Crippen molar-refractivity contribution < 1.29 is 0 Å². The predicted molar refractivity (Wildman–Crippen MR) is 200 cm³/mol. The number of nitrogens with zero attached hydrogens (tertiary/aromatic N) is 1. The van der Waals surface area contributed by atoms with E-state index >= 15 is 0 Å². The molecule has 0 amide bonds. The van der Waals surface area contributed by atoms with E-state index < -0.39 is 0 Å². The normalized spacial score (nSPS) is 14.1. The lowest BCUT2D eigenvalue weighted by Crippen LogP contribution is -2.10. The minimum Gasteiger partial charge on any atom is -0.310 e. The molecule has 0 N–H and O–H groups in total. The summed E-state index contributed by atoms with van der Waals surface area (Å²) in [6.07, 6.45) is 11.4. The predicted octanol–water partition coefficient (Wildman–Crippen LogP) is 11.5. The maximum atomic E-state index is 2.42.